The Morgan fingerprint density at radius 3 is 2.74 bits per heavy atom. The van der Waals surface area contributed by atoms with E-state index in [0.717, 1.165) is 0 Å². The summed E-state index contributed by atoms with van der Waals surface area (Å²) in [4.78, 5) is 0. The summed E-state index contributed by atoms with van der Waals surface area (Å²) in [5.74, 6) is -0.0214. The molecule has 19 heavy (non-hydrogen) atoms. The summed E-state index contributed by atoms with van der Waals surface area (Å²) in [6.07, 6.45) is 2.60. The van der Waals surface area contributed by atoms with Gasteiger partial charge in [0.1, 0.15) is 17.8 Å². The summed E-state index contributed by atoms with van der Waals surface area (Å²) in [7, 11) is 0. The second-order valence-corrected chi connectivity index (χ2v) is 5.34. The van der Waals surface area contributed by atoms with Gasteiger partial charge in [0.15, 0.2) is 11.9 Å². The second-order valence-electron chi connectivity index (χ2n) is 4.49. The molecule has 0 fully saturated rings. The van der Waals surface area contributed by atoms with E-state index >= 15 is 0 Å². The van der Waals surface area contributed by atoms with Crippen molar-refractivity contribution < 1.29 is 18.6 Å². The molecule has 0 amide bonds. The van der Waals surface area contributed by atoms with Crippen molar-refractivity contribution in [3.8, 4) is 5.75 Å². The maximum atomic E-state index is 13.0. The van der Waals surface area contributed by atoms with Gasteiger partial charge in [-0.2, -0.15) is 0 Å². The molecule has 0 radical (unpaired) electrons. The lowest BCUT2D eigenvalue weighted by Gasteiger charge is -2.21. The number of hydrogen-bond acceptors (Lipinski definition) is 3. The van der Waals surface area contributed by atoms with Crippen LogP contribution in [-0.2, 0) is 9.47 Å². The van der Waals surface area contributed by atoms with Crippen LogP contribution in [0.3, 0.4) is 0 Å². The summed E-state index contributed by atoms with van der Waals surface area (Å²) >= 11 is 3.24. The molecule has 0 spiro atoms. The molecule has 1 atom stereocenters. The molecular formula is C14H14BrFO3. The monoisotopic (exact) mass is 328 g/mol. The van der Waals surface area contributed by atoms with E-state index in [4.69, 9.17) is 14.2 Å². The quantitative estimate of drug-likeness (QED) is 0.777. The Labute approximate surface area is 119 Å². The largest absolute Gasteiger partial charge is 0.477 e. The van der Waals surface area contributed by atoms with Crippen LogP contribution < -0.4 is 4.74 Å². The third-order valence-electron chi connectivity index (χ3n) is 2.46. The molecule has 5 heteroatoms. The fourth-order valence-electron chi connectivity index (χ4n) is 1.59. The van der Waals surface area contributed by atoms with Crippen LogP contribution in [0.15, 0.2) is 47.3 Å². The average Bonchev–Trinajstić information content (AvgIpc) is 2.69. The highest BCUT2D eigenvalue weighted by Gasteiger charge is 2.32. The molecule has 1 aliphatic heterocycles. The molecule has 0 saturated carbocycles. The van der Waals surface area contributed by atoms with Crippen molar-refractivity contribution in [3.05, 3.63) is 53.2 Å². The van der Waals surface area contributed by atoms with Gasteiger partial charge in [-0.25, -0.2) is 4.39 Å². The van der Waals surface area contributed by atoms with Crippen LogP contribution in [0, 0.1) is 5.82 Å². The molecule has 0 bridgehead atoms. The van der Waals surface area contributed by atoms with Crippen LogP contribution in [0.1, 0.15) is 13.8 Å². The van der Waals surface area contributed by atoms with Crippen molar-refractivity contribution in [2.75, 3.05) is 0 Å². The number of ether oxygens (including phenoxy) is 3. The van der Waals surface area contributed by atoms with Crippen LogP contribution in [0.5, 0.6) is 5.75 Å². The Bertz CT molecular complexity index is 525. The Balaban J connectivity index is 2.14. The van der Waals surface area contributed by atoms with Crippen molar-refractivity contribution in [2.45, 2.75) is 25.7 Å². The minimum atomic E-state index is -0.708. The van der Waals surface area contributed by atoms with E-state index in [-0.39, 0.29) is 5.82 Å². The van der Waals surface area contributed by atoms with Gasteiger partial charge in [0.25, 0.3) is 0 Å². The normalized spacial score (nSPS) is 18.0. The molecule has 3 nitrogen and oxygen atoms in total. The lowest BCUT2D eigenvalue weighted by atomic mass is 10.3. The predicted molar refractivity (Wildman–Crippen MR) is 73.0 cm³/mol. The minimum absolute atomic E-state index is 0.338. The summed E-state index contributed by atoms with van der Waals surface area (Å²) in [5.41, 5.74) is 0. The minimum Gasteiger partial charge on any atom is -0.477 e. The highest BCUT2D eigenvalue weighted by atomic mass is 79.9. The van der Waals surface area contributed by atoms with Gasteiger partial charge in [0.2, 0.25) is 5.79 Å². The molecule has 0 saturated heterocycles. The lowest BCUT2D eigenvalue weighted by Crippen LogP contribution is -2.24. The third-order valence-corrected chi connectivity index (χ3v) is 3.08. The first-order valence-electron chi connectivity index (χ1n) is 5.72. The van der Waals surface area contributed by atoms with E-state index in [2.05, 4.69) is 22.5 Å². The number of rotatable bonds is 4. The van der Waals surface area contributed by atoms with E-state index in [9.17, 15) is 4.39 Å². The molecule has 1 aliphatic rings. The third kappa shape index (κ3) is 3.29. The molecule has 1 heterocycles. The number of benzene rings is 1. The number of hydrogen-bond donors (Lipinski definition) is 0. The first kappa shape index (κ1) is 13.9. The van der Waals surface area contributed by atoms with E-state index in [0.29, 0.717) is 16.0 Å². The standard InChI is InChI=1S/C14H14BrFO3/c1-4-11(13-8-17-14(2,3)19-13)18-12-6-5-9(16)7-10(12)15/h4-8,11H,1H2,2-3H3/t11-/m1/s1. The van der Waals surface area contributed by atoms with E-state index in [1.54, 1.807) is 19.9 Å². The molecule has 0 unspecified atom stereocenters. The van der Waals surface area contributed by atoms with Gasteiger partial charge in [-0.05, 0) is 40.2 Å². The van der Waals surface area contributed by atoms with Crippen LogP contribution in [0.25, 0.3) is 0 Å². The molecule has 0 N–H and O–H groups in total. The fraction of sp³-hybridized carbons (Fsp3) is 0.286. The van der Waals surface area contributed by atoms with Crippen molar-refractivity contribution in [1.29, 1.82) is 0 Å². The predicted octanol–water partition coefficient (Wildman–Crippen LogP) is 4.15. The molecule has 0 aliphatic carbocycles. The second kappa shape index (κ2) is 5.25. The zero-order chi connectivity index (χ0) is 14.0. The van der Waals surface area contributed by atoms with Gasteiger partial charge >= 0.3 is 0 Å². The van der Waals surface area contributed by atoms with E-state index < -0.39 is 11.9 Å². The summed E-state index contributed by atoms with van der Waals surface area (Å²) in [5, 5.41) is 0. The van der Waals surface area contributed by atoms with Crippen molar-refractivity contribution >= 4 is 15.9 Å². The van der Waals surface area contributed by atoms with Gasteiger partial charge in [-0.1, -0.05) is 6.58 Å². The van der Waals surface area contributed by atoms with E-state index in [1.807, 2.05) is 0 Å². The average molecular weight is 329 g/mol. The van der Waals surface area contributed by atoms with Crippen molar-refractivity contribution in [2.24, 2.45) is 0 Å². The van der Waals surface area contributed by atoms with Gasteiger partial charge in [-0.15, -0.1) is 0 Å². The maximum Gasteiger partial charge on any atom is 0.245 e. The topological polar surface area (TPSA) is 27.7 Å². The fourth-order valence-corrected chi connectivity index (χ4v) is 2.03. The summed E-state index contributed by atoms with van der Waals surface area (Å²) in [6.45, 7) is 7.30. The molecule has 1 aromatic rings. The van der Waals surface area contributed by atoms with Gasteiger partial charge in [0.05, 0.1) is 4.47 Å². The number of halogens is 2. The zero-order valence-electron chi connectivity index (χ0n) is 10.7. The highest BCUT2D eigenvalue weighted by Crippen LogP contribution is 2.31. The molecule has 102 valence electrons. The smallest absolute Gasteiger partial charge is 0.245 e. The van der Waals surface area contributed by atoms with Crippen LogP contribution >= 0.6 is 15.9 Å². The Morgan fingerprint density at radius 2 is 2.21 bits per heavy atom. The summed E-state index contributed by atoms with van der Waals surface area (Å²) < 4.78 is 30.2. The lowest BCUT2D eigenvalue weighted by molar-refractivity contribution is -0.121. The first-order valence-corrected chi connectivity index (χ1v) is 6.52. The van der Waals surface area contributed by atoms with Crippen LogP contribution in [0.4, 0.5) is 4.39 Å². The Hall–Kier alpha value is -1.49. The highest BCUT2D eigenvalue weighted by molar-refractivity contribution is 9.10. The molecule has 2 rings (SSSR count). The summed E-state index contributed by atoms with van der Waals surface area (Å²) in [6, 6.07) is 4.20. The van der Waals surface area contributed by atoms with Crippen LogP contribution in [0.2, 0.25) is 0 Å². The maximum absolute atomic E-state index is 13.0. The molecule has 1 aromatic carbocycles. The van der Waals surface area contributed by atoms with Gasteiger partial charge in [0, 0.05) is 13.8 Å². The SMILES string of the molecule is C=C[C@@H](Oc1ccc(F)cc1Br)C1=COC(C)(C)O1. The molecule has 0 aromatic heterocycles. The Kier molecular flexibility index (Phi) is 3.85. The Morgan fingerprint density at radius 1 is 1.47 bits per heavy atom. The zero-order valence-corrected chi connectivity index (χ0v) is 12.2. The van der Waals surface area contributed by atoms with Crippen molar-refractivity contribution in [1.82, 2.24) is 0 Å². The van der Waals surface area contributed by atoms with Crippen LogP contribution in [-0.4, -0.2) is 11.9 Å². The van der Waals surface area contributed by atoms with E-state index in [1.165, 1.54) is 24.5 Å². The van der Waals surface area contributed by atoms with Gasteiger partial charge < -0.3 is 14.2 Å². The first-order chi connectivity index (χ1) is 8.91. The van der Waals surface area contributed by atoms with Gasteiger partial charge in [-0.3, -0.25) is 0 Å². The molecular weight excluding hydrogens is 315 g/mol. The van der Waals surface area contributed by atoms with Crippen molar-refractivity contribution in [3.63, 3.8) is 0 Å².